The number of nitro benzene ring substituents is 1. The summed E-state index contributed by atoms with van der Waals surface area (Å²) in [6.07, 6.45) is 0. The highest BCUT2D eigenvalue weighted by atomic mass is 32.1. The van der Waals surface area contributed by atoms with E-state index in [-0.39, 0.29) is 10.8 Å². The zero-order valence-electron chi connectivity index (χ0n) is 12.4. The largest absolute Gasteiger partial charge is 0.299 e. The van der Waals surface area contributed by atoms with Crippen LogP contribution in [-0.4, -0.2) is 24.7 Å². The Labute approximate surface area is 150 Å². The number of fused-ring (bicyclic) bond motifs is 1. The molecule has 0 unspecified atom stereocenters. The van der Waals surface area contributed by atoms with Gasteiger partial charge in [0, 0.05) is 17.7 Å². The Balaban J connectivity index is 1.56. The predicted molar refractivity (Wildman–Crippen MR) is 97.3 cm³/mol. The summed E-state index contributed by atoms with van der Waals surface area (Å²) >= 11 is 6.11. The number of amides is 1. The molecule has 1 heterocycles. The van der Waals surface area contributed by atoms with Crippen molar-refractivity contribution >= 4 is 57.4 Å². The topological polar surface area (TPSA) is 122 Å². The fourth-order valence-corrected chi connectivity index (χ4v) is 2.59. The second-order valence-electron chi connectivity index (χ2n) is 4.80. The average Bonchev–Trinajstić information content (AvgIpc) is 3.08. The van der Waals surface area contributed by atoms with Gasteiger partial charge in [0.15, 0.2) is 5.11 Å². The number of anilines is 1. The first kappa shape index (κ1) is 16.7. The van der Waals surface area contributed by atoms with Crippen molar-refractivity contribution in [1.29, 1.82) is 0 Å². The molecule has 11 heteroatoms. The number of nitrogens with zero attached hydrogens (tertiary/aromatic N) is 3. The van der Waals surface area contributed by atoms with Gasteiger partial charge in [-0.2, -0.15) is 8.75 Å². The van der Waals surface area contributed by atoms with Gasteiger partial charge in [-0.15, -0.1) is 0 Å². The van der Waals surface area contributed by atoms with Crippen LogP contribution in [0.25, 0.3) is 11.0 Å². The molecule has 3 N–H and O–H groups in total. The molecular formula is C14H10N6O3S2. The Morgan fingerprint density at radius 3 is 2.56 bits per heavy atom. The lowest BCUT2D eigenvalue weighted by Crippen LogP contribution is -2.41. The zero-order valence-corrected chi connectivity index (χ0v) is 14.1. The molecule has 3 rings (SSSR count). The van der Waals surface area contributed by atoms with Crippen molar-refractivity contribution in [2.24, 2.45) is 0 Å². The fourth-order valence-electron chi connectivity index (χ4n) is 1.93. The minimum absolute atomic E-state index is 0.0200. The van der Waals surface area contributed by atoms with Crippen LogP contribution < -0.4 is 16.2 Å². The highest BCUT2D eigenvalue weighted by Gasteiger charge is 2.10. The number of hydrogen-bond donors (Lipinski definition) is 3. The highest BCUT2D eigenvalue weighted by Crippen LogP contribution is 2.15. The van der Waals surface area contributed by atoms with Gasteiger partial charge in [-0.3, -0.25) is 31.1 Å². The minimum atomic E-state index is -0.489. The molecule has 0 spiro atoms. The van der Waals surface area contributed by atoms with E-state index in [1.807, 2.05) is 0 Å². The van der Waals surface area contributed by atoms with E-state index >= 15 is 0 Å². The third-order valence-electron chi connectivity index (χ3n) is 3.14. The Morgan fingerprint density at radius 2 is 1.84 bits per heavy atom. The summed E-state index contributed by atoms with van der Waals surface area (Å²) in [7, 11) is 0. The maximum atomic E-state index is 12.2. The average molecular weight is 374 g/mol. The smallest absolute Gasteiger partial charge is 0.269 e. The highest BCUT2D eigenvalue weighted by molar-refractivity contribution is 7.80. The normalized spacial score (nSPS) is 10.2. The van der Waals surface area contributed by atoms with Crippen molar-refractivity contribution < 1.29 is 9.72 Å². The van der Waals surface area contributed by atoms with Crippen molar-refractivity contribution in [2.45, 2.75) is 0 Å². The van der Waals surface area contributed by atoms with Gasteiger partial charge in [0.1, 0.15) is 11.0 Å². The number of carbonyl (C=O) groups is 1. The number of carbonyl (C=O) groups excluding carboxylic acids is 1. The van der Waals surface area contributed by atoms with Crippen molar-refractivity contribution in [2.75, 3.05) is 5.43 Å². The van der Waals surface area contributed by atoms with Crippen LogP contribution in [0.4, 0.5) is 11.4 Å². The molecule has 126 valence electrons. The molecule has 0 atom stereocenters. The Bertz CT molecular complexity index is 957. The number of aromatic nitrogens is 2. The number of hydrogen-bond acceptors (Lipinski definition) is 8. The van der Waals surface area contributed by atoms with E-state index in [1.54, 1.807) is 18.2 Å². The third kappa shape index (κ3) is 4.02. The Morgan fingerprint density at radius 1 is 1.12 bits per heavy atom. The molecule has 0 fully saturated rings. The summed E-state index contributed by atoms with van der Waals surface area (Å²) in [4.78, 5) is 22.3. The van der Waals surface area contributed by atoms with Crippen LogP contribution in [-0.2, 0) is 0 Å². The molecule has 9 nitrogen and oxygen atoms in total. The second kappa shape index (κ2) is 7.15. The molecule has 0 aliphatic heterocycles. The van der Waals surface area contributed by atoms with Gasteiger partial charge < -0.3 is 0 Å². The molecule has 1 amide bonds. The number of hydrazine groups is 1. The first-order valence-corrected chi connectivity index (χ1v) is 8.01. The van der Waals surface area contributed by atoms with Crippen LogP contribution >= 0.6 is 23.9 Å². The number of non-ortho nitro benzene ring substituents is 1. The van der Waals surface area contributed by atoms with Crippen molar-refractivity contribution in [3.8, 4) is 0 Å². The van der Waals surface area contributed by atoms with E-state index in [9.17, 15) is 14.9 Å². The lowest BCUT2D eigenvalue weighted by atomic mass is 10.2. The Kier molecular flexibility index (Phi) is 4.77. The molecule has 0 radical (unpaired) electrons. The quantitative estimate of drug-likeness (QED) is 0.361. The van der Waals surface area contributed by atoms with Crippen LogP contribution in [0.3, 0.4) is 0 Å². The number of nitrogens with one attached hydrogen (secondary N) is 3. The molecule has 0 aliphatic rings. The van der Waals surface area contributed by atoms with E-state index in [4.69, 9.17) is 12.2 Å². The summed E-state index contributed by atoms with van der Waals surface area (Å²) in [5.41, 5.74) is 7.68. The molecule has 1 aromatic heterocycles. The van der Waals surface area contributed by atoms with Gasteiger partial charge in [-0.1, -0.05) is 0 Å². The first-order valence-electron chi connectivity index (χ1n) is 6.87. The van der Waals surface area contributed by atoms with Gasteiger partial charge in [0.05, 0.1) is 22.3 Å². The molecule has 0 saturated carbocycles. The summed E-state index contributed by atoms with van der Waals surface area (Å²) < 4.78 is 8.15. The zero-order chi connectivity index (χ0) is 17.8. The number of rotatable bonds is 4. The molecule has 0 aliphatic carbocycles. The van der Waals surface area contributed by atoms with Gasteiger partial charge in [0.25, 0.3) is 11.6 Å². The van der Waals surface area contributed by atoms with E-state index in [0.717, 1.165) is 17.2 Å². The van der Waals surface area contributed by atoms with Crippen molar-refractivity contribution in [1.82, 2.24) is 19.5 Å². The molecule has 3 aromatic rings. The Hall–Kier alpha value is -3.18. The van der Waals surface area contributed by atoms with E-state index in [0.29, 0.717) is 16.8 Å². The monoisotopic (exact) mass is 374 g/mol. The number of nitro groups is 1. The van der Waals surface area contributed by atoms with Gasteiger partial charge in [0.2, 0.25) is 0 Å². The number of benzene rings is 2. The lowest BCUT2D eigenvalue weighted by Gasteiger charge is -2.11. The third-order valence-corrected chi connectivity index (χ3v) is 3.90. The summed E-state index contributed by atoms with van der Waals surface area (Å²) in [6.45, 7) is 0. The van der Waals surface area contributed by atoms with Gasteiger partial charge in [-0.25, -0.2) is 0 Å². The van der Waals surface area contributed by atoms with Crippen LogP contribution in [0.2, 0.25) is 0 Å². The van der Waals surface area contributed by atoms with E-state index in [1.165, 1.54) is 24.3 Å². The molecule has 25 heavy (non-hydrogen) atoms. The van der Waals surface area contributed by atoms with Crippen molar-refractivity contribution in [3.05, 3.63) is 58.1 Å². The first-order chi connectivity index (χ1) is 12.0. The maximum absolute atomic E-state index is 12.2. The molecule has 2 aromatic carbocycles. The SMILES string of the molecule is O=C(NC(=S)NNc1ccc([N+](=O)[O-])cc1)c1ccc2nsnc2c1. The van der Waals surface area contributed by atoms with E-state index in [2.05, 4.69) is 24.9 Å². The summed E-state index contributed by atoms with van der Waals surface area (Å²) in [5, 5.41) is 13.2. The summed E-state index contributed by atoms with van der Waals surface area (Å²) in [6, 6.07) is 10.7. The maximum Gasteiger partial charge on any atom is 0.269 e. The molecular weight excluding hydrogens is 364 g/mol. The van der Waals surface area contributed by atoms with E-state index < -0.39 is 10.8 Å². The summed E-state index contributed by atoms with van der Waals surface area (Å²) in [5.74, 6) is -0.391. The van der Waals surface area contributed by atoms with Gasteiger partial charge >= 0.3 is 0 Å². The van der Waals surface area contributed by atoms with Crippen molar-refractivity contribution in [3.63, 3.8) is 0 Å². The second-order valence-corrected chi connectivity index (χ2v) is 5.74. The van der Waals surface area contributed by atoms with Gasteiger partial charge in [-0.05, 0) is 42.5 Å². The fraction of sp³-hybridized carbons (Fsp3) is 0. The van der Waals surface area contributed by atoms with Crippen LogP contribution in [0.15, 0.2) is 42.5 Å². The van der Waals surface area contributed by atoms with Crippen LogP contribution in [0.5, 0.6) is 0 Å². The standard InChI is InChI=1S/C14H10N6O3S2/c21-13(8-1-6-11-12(7-8)19-25-18-11)15-14(24)17-16-9-2-4-10(5-3-9)20(22)23/h1-7,16H,(H2,15,17,21,24). The van der Waals surface area contributed by atoms with Crippen LogP contribution in [0, 0.1) is 10.1 Å². The molecule has 0 bridgehead atoms. The van der Waals surface area contributed by atoms with Crippen LogP contribution in [0.1, 0.15) is 10.4 Å². The predicted octanol–water partition coefficient (Wildman–Crippen LogP) is 2.23. The molecule has 0 saturated heterocycles. The minimum Gasteiger partial charge on any atom is -0.299 e. The number of thiocarbonyl (C=S) groups is 1. The lowest BCUT2D eigenvalue weighted by molar-refractivity contribution is -0.384.